The number of alkyl halides is 3. The van der Waals surface area contributed by atoms with Gasteiger partial charge in [-0.1, -0.05) is 60.7 Å². The maximum absolute atomic E-state index is 13.4. The van der Waals surface area contributed by atoms with Gasteiger partial charge in [0.05, 0.1) is 6.04 Å². The molecule has 0 saturated heterocycles. The van der Waals surface area contributed by atoms with Gasteiger partial charge in [-0.2, -0.15) is 13.2 Å². The van der Waals surface area contributed by atoms with Crippen LogP contribution in [0.15, 0.2) is 60.7 Å². The number of halogens is 3. The molecule has 7 heteroatoms. The second-order valence-electron chi connectivity index (χ2n) is 5.67. The molecule has 26 heavy (non-hydrogen) atoms. The van der Waals surface area contributed by atoms with Gasteiger partial charge in [0.25, 0.3) is 5.91 Å². The van der Waals surface area contributed by atoms with Gasteiger partial charge in [-0.15, -0.1) is 11.3 Å². The minimum Gasteiger partial charge on any atom is -0.345 e. The highest BCUT2D eigenvalue weighted by molar-refractivity contribution is 7.17. The van der Waals surface area contributed by atoms with Crippen LogP contribution in [0.25, 0.3) is 10.6 Å². The first kappa shape index (κ1) is 18.1. The summed E-state index contributed by atoms with van der Waals surface area (Å²) in [5, 5.41) is 2.78. The Morgan fingerprint density at radius 1 is 1.04 bits per heavy atom. The Bertz CT molecular complexity index is 892. The molecule has 1 atom stereocenters. The molecule has 1 N–H and O–H groups in total. The van der Waals surface area contributed by atoms with Crippen molar-refractivity contribution in [1.29, 1.82) is 0 Å². The molecule has 0 aliphatic rings. The molecule has 0 aliphatic carbocycles. The Morgan fingerprint density at radius 3 is 2.19 bits per heavy atom. The van der Waals surface area contributed by atoms with Crippen molar-refractivity contribution < 1.29 is 18.0 Å². The SMILES string of the molecule is CC(NC(=O)c1sc(-c2ccccc2)nc1C(F)(F)F)c1ccccc1. The summed E-state index contributed by atoms with van der Waals surface area (Å²) in [5.41, 5.74) is 0.194. The van der Waals surface area contributed by atoms with Gasteiger partial charge >= 0.3 is 6.18 Å². The summed E-state index contributed by atoms with van der Waals surface area (Å²) in [4.78, 5) is 15.8. The molecule has 0 fully saturated rings. The second-order valence-corrected chi connectivity index (χ2v) is 6.67. The van der Waals surface area contributed by atoms with Crippen LogP contribution in [0.5, 0.6) is 0 Å². The summed E-state index contributed by atoms with van der Waals surface area (Å²) in [5.74, 6) is -0.784. The fraction of sp³-hybridized carbons (Fsp3) is 0.158. The van der Waals surface area contributed by atoms with E-state index in [0.717, 1.165) is 16.9 Å². The topological polar surface area (TPSA) is 42.0 Å². The number of aromatic nitrogens is 1. The van der Waals surface area contributed by atoms with Crippen LogP contribution in [-0.2, 0) is 6.18 Å². The Morgan fingerprint density at radius 2 is 1.62 bits per heavy atom. The molecular formula is C19H15F3N2OS. The summed E-state index contributed by atoms with van der Waals surface area (Å²) >= 11 is 0.742. The standard InChI is InChI=1S/C19H15F3N2OS/c1-12(13-8-4-2-5-9-13)23-17(25)15-16(19(20,21)22)24-18(26-15)14-10-6-3-7-11-14/h2-12H,1H3,(H,23,25). The lowest BCUT2D eigenvalue weighted by atomic mass is 10.1. The van der Waals surface area contributed by atoms with Crippen molar-refractivity contribution in [3.05, 3.63) is 76.8 Å². The molecule has 3 rings (SSSR count). The van der Waals surface area contributed by atoms with Gasteiger partial charge < -0.3 is 5.32 Å². The molecule has 0 spiro atoms. The molecule has 3 nitrogen and oxygen atoms in total. The van der Waals surface area contributed by atoms with Crippen LogP contribution in [0.3, 0.4) is 0 Å². The number of thiazole rings is 1. The van der Waals surface area contributed by atoms with E-state index in [1.165, 1.54) is 0 Å². The molecule has 1 unspecified atom stereocenters. The Labute approximate surface area is 152 Å². The van der Waals surface area contributed by atoms with Crippen molar-refractivity contribution >= 4 is 17.2 Å². The van der Waals surface area contributed by atoms with E-state index in [1.54, 1.807) is 61.5 Å². The van der Waals surface area contributed by atoms with E-state index in [9.17, 15) is 18.0 Å². The summed E-state index contributed by atoms with van der Waals surface area (Å²) in [7, 11) is 0. The third kappa shape index (κ3) is 3.94. The smallest absolute Gasteiger partial charge is 0.345 e. The maximum atomic E-state index is 13.4. The number of rotatable bonds is 4. The monoisotopic (exact) mass is 376 g/mol. The molecule has 1 heterocycles. The number of nitrogens with zero attached hydrogens (tertiary/aromatic N) is 1. The van der Waals surface area contributed by atoms with E-state index < -0.39 is 28.7 Å². The highest BCUT2D eigenvalue weighted by Crippen LogP contribution is 2.37. The highest BCUT2D eigenvalue weighted by atomic mass is 32.1. The molecule has 0 aliphatic heterocycles. The Kier molecular flexibility index (Phi) is 5.08. The Balaban J connectivity index is 1.93. The normalized spacial score (nSPS) is 12.6. The van der Waals surface area contributed by atoms with Gasteiger partial charge in [0, 0.05) is 5.56 Å². The predicted molar refractivity (Wildman–Crippen MR) is 94.9 cm³/mol. The molecule has 2 aromatic carbocycles. The number of nitrogens with one attached hydrogen (secondary N) is 1. The maximum Gasteiger partial charge on any atom is 0.435 e. The van der Waals surface area contributed by atoms with Gasteiger partial charge in [0.15, 0.2) is 5.69 Å². The lowest BCUT2D eigenvalue weighted by molar-refractivity contribution is -0.141. The van der Waals surface area contributed by atoms with Gasteiger partial charge in [0.2, 0.25) is 0 Å². The molecule has 3 aromatic rings. The van der Waals surface area contributed by atoms with Crippen molar-refractivity contribution in [3.63, 3.8) is 0 Å². The lowest BCUT2D eigenvalue weighted by Crippen LogP contribution is -2.27. The van der Waals surface area contributed by atoms with Crippen LogP contribution < -0.4 is 5.32 Å². The van der Waals surface area contributed by atoms with E-state index in [1.807, 2.05) is 6.07 Å². The number of amides is 1. The minimum absolute atomic E-state index is 0.162. The molecule has 0 bridgehead atoms. The van der Waals surface area contributed by atoms with Crippen LogP contribution in [0.4, 0.5) is 13.2 Å². The first-order valence-electron chi connectivity index (χ1n) is 7.85. The van der Waals surface area contributed by atoms with Crippen molar-refractivity contribution in [1.82, 2.24) is 10.3 Å². The van der Waals surface area contributed by atoms with Crippen LogP contribution in [0.2, 0.25) is 0 Å². The van der Waals surface area contributed by atoms with E-state index in [2.05, 4.69) is 10.3 Å². The van der Waals surface area contributed by atoms with Gasteiger partial charge in [-0.3, -0.25) is 4.79 Å². The number of carbonyl (C=O) groups excluding carboxylic acids is 1. The minimum atomic E-state index is -4.70. The molecule has 134 valence electrons. The molecular weight excluding hydrogens is 361 g/mol. The number of hydrogen-bond donors (Lipinski definition) is 1. The molecule has 0 radical (unpaired) electrons. The zero-order chi connectivity index (χ0) is 18.7. The van der Waals surface area contributed by atoms with Crippen LogP contribution in [-0.4, -0.2) is 10.9 Å². The van der Waals surface area contributed by atoms with Gasteiger partial charge in [-0.25, -0.2) is 4.98 Å². The van der Waals surface area contributed by atoms with Crippen LogP contribution in [0.1, 0.15) is 33.9 Å². The van der Waals surface area contributed by atoms with E-state index in [-0.39, 0.29) is 5.01 Å². The average Bonchev–Trinajstić information content (AvgIpc) is 3.09. The number of carbonyl (C=O) groups is 1. The lowest BCUT2D eigenvalue weighted by Gasteiger charge is -2.14. The Hall–Kier alpha value is -2.67. The van der Waals surface area contributed by atoms with Crippen molar-refractivity contribution in [2.24, 2.45) is 0 Å². The van der Waals surface area contributed by atoms with E-state index >= 15 is 0 Å². The fourth-order valence-electron chi connectivity index (χ4n) is 2.46. The van der Waals surface area contributed by atoms with Gasteiger partial charge in [-0.05, 0) is 12.5 Å². The van der Waals surface area contributed by atoms with Crippen LogP contribution in [0, 0.1) is 0 Å². The first-order chi connectivity index (χ1) is 12.4. The third-order valence-electron chi connectivity index (χ3n) is 3.77. The van der Waals surface area contributed by atoms with Crippen molar-refractivity contribution in [2.75, 3.05) is 0 Å². The summed E-state index contributed by atoms with van der Waals surface area (Å²) in [6.07, 6.45) is -4.70. The highest BCUT2D eigenvalue weighted by Gasteiger charge is 2.40. The predicted octanol–water partition coefficient (Wildman–Crippen LogP) is 5.32. The number of hydrogen-bond acceptors (Lipinski definition) is 3. The summed E-state index contributed by atoms with van der Waals surface area (Å²) in [6, 6.07) is 17.1. The van der Waals surface area contributed by atoms with Crippen molar-refractivity contribution in [2.45, 2.75) is 19.1 Å². The zero-order valence-corrected chi connectivity index (χ0v) is 14.6. The molecule has 1 aromatic heterocycles. The van der Waals surface area contributed by atoms with Crippen molar-refractivity contribution in [3.8, 4) is 10.6 Å². The summed E-state index contributed by atoms with van der Waals surface area (Å²) < 4.78 is 40.1. The quantitative estimate of drug-likeness (QED) is 0.670. The molecule has 1 amide bonds. The van der Waals surface area contributed by atoms with Crippen LogP contribution >= 0.6 is 11.3 Å². The third-order valence-corrected chi connectivity index (χ3v) is 4.87. The van der Waals surface area contributed by atoms with E-state index in [4.69, 9.17) is 0 Å². The second kappa shape index (κ2) is 7.29. The number of benzene rings is 2. The largest absolute Gasteiger partial charge is 0.435 e. The summed E-state index contributed by atoms with van der Waals surface area (Å²) in [6.45, 7) is 1.72. The van der Waals surface area contributed by atoms with E-state index in [0.29, 0.717) is 5.56 Å². The first-order valence-corrected chi connectivity index (χ1v) is 8.67. The zero-order valence-electron chi connectivity index (χ0n) is 13.7. The van der Waals surface area contributed by atoms with Gasteiger partial charge in [0.1, 0.15) is 9.88 Å². The average molecular weight is 376 g/mol. The molecule has 0 saturated carbocycles. The fourth-order valence-corrected chi connectivity index (χ4v) is 3.45.